The maximum absolute atomic E-state index is 12.5. The summed E-state index contributed by atoms with van der Waals surface area (Å²) in [5, 5.41) is 27.0. The van der Waals surface area contributed by atoms with E-state index in [1.54, 1.807) is 25.5 Å². The van der Waals surface area contributed by atoms with E-state index in [1.165, 1.54) is 34.3 Å². The maximum Gasteiger partial charge on any atom is 0.260 e. The highest BCUT2D eigenvalue weighted by atomic mass is 35.5. The first-order chi connectivity index (χ1) is 16.4. The van der Waals surface area contributed by atoms with E-state index in [9.17, 15) is 9.59 Å². The Bertz CT molecular complexity index is 1560. The highest BCUT2D eigenvalue weighted by molar-refractivity contribution is 7.18. The number of amides is 2. The Kier molecular flexibility index (Phi) is 5.39. The fourth-order valence-corrected chi connectivity index (χ4v) is 4.12. The van der Waals surface area contributed by atoms with Crippen molar-refractivity contribution in [2.45, 2.75) is 0 Å². The quantitative estimate of drug-likeness (QED) is 0.279. The summed E-state index contributed by atoms with van der Waals surface area (Å²) < 4.78 is 1.50. The second-order valence-corrected chi connectivity index (χ2v) is 8.50. The van der Waals surface area contributed by atoms with Gasteiger partial charge in [0.05, 0.1) is 34.2 Å². The third kappa shape index (κ3) is 4.16. The number of nitrogens with zero attached hydrogens (tertiary/aromatic N) is 6. The zero-order valence-corrected chi connectivity index (χ0v) is 19.0. The molecule has 170 valence electrons. The number of hydrogen-bond donors (Lipinski definition) is 4. The first-order valence-electron chi connectivity index (χ1n) is 9.72. The molecule has 0 fully saturated rings. The first-order valence-corrected chi connectivity index (χ1v) is 10.9. The summed E-state index contributed by atoms with van der Waals surface area (Å²) in [6, 6.07) is 6.51. The van der Waals surface area contributed by atoms with Gasteiger partial charge in [-0.15, -0.1) is 10.2 Å². The van der Waals surface area contributed by atoms with E-state index in [0.717, 1.165) is 10.9 Å². The van der Waals surface area contributed by atoms with Crippen LogP contribution >= 0.6 is 22.9 Å². The molecule has 14 heteroatoms. The number of benzene rings is 1. The molecule has 0 aliphatic rings. The number of aromatic amines is 1. The van der Waals surface area contributed by atoms with Gasteiger partial charge in [0.1, 0.15) is 11.5 Å². The third-order valence-electron chi connectivity index (χ3n) is 4.76. The van der Waals surface area contributed by atoms with Gasteiger partial charge in [-0.2, -0.15) is 10.2 Å². The number of halogens is 1. The summed E-state index contributed by atoms with van der Waals surface area (Å²) in [4.78, 5) is 28.8. The number of anilines is 3. The maximum atomic E-state index is 12.5. The number of aromatic nitrogens is 7. The summed E-state index contributed by atoms with van der Waals surface area (Å²) in [7, 11) is 1.70. The number of carbonyl (C=O) groups is 2. The van der Waals surface area contributed by atoms with E-state index in [2.05, 4.69) is 41.1 Å². The topological polar surface area (TPSA) is 169 Å². The van der Waals surface area contributed by atoms with Crippen LogP contribution in [-0.4, -0.2) is 47.0 Å². The van der Waals surface area contributed by atoms with Crippen molar-refractivity contribution in [3.63, 3.8) is 0 Å². The van der Waals surface area contributed by atoms with E-state index in [0.29, 0.717) is 32.1 Å². The van der Waals surface area contributed by atoms with E-state index < -0.39 is 11.8 Å². The Balaban J connectivity index is 1.43. The summed E-state index contributed by atoms with van der Waals surface area (Å²) in [6.45, 7) is 0. The van der Waals surface area contributed by atoms with Crippen molar-refractivity contribution in [3.8, 4) is 10.7 Å². The smallest absolute Gasteiger partial charge is 0.260 e. The normalized spacial score (nSPS) is 11.0. The molecule has 12 nitrogen and oxygen atoms in total. The van der Waals surface area contributed by atoms with Crippen molar-refractivity contribution in [3.05, 3.63) is 59.0 Å². The minimum Gasteiger partial charge on any atom is -0.366 e. The van der Waals surface area contributed by atoms with Gasteiger partial charge in [0.15, 0.2) is 5.01 Å². The van der Waals surface area contributed by atoms with E-state index >= 15 is 0 Å². The minimum atomic E-state index is -0.677. The zero-order chi connectivity index (χ0) is 23.8. The Morgan fingerprint density at radius 1 is 1.18 bits per heavy atom. The highest BCUT2D eigenvalue weighted by Crippen LogP contribution is 2.34. The molecular formula is C20H15ClN10O2S. The van der Waals surface area contributed by atoms with Crippen LogP contribution in [0.4, 0.5) is 16.6 Å². The Labute approximate surface area is 200 Å². The zero-order valence-electron chi connectivity index (χ0n) is 17.4. The van der Waals surface area contributed by atoms with Crippen LogP contribution in [0.5, 0.6) is 0 Å². The molecule has 4 heterocycles. The van der Waals surface area contributed by atoms with Crippen LogP contribution in [0.25, 0.3) is 21.6 Å². The molecule has 5 N–H and O–H groups in total. The number of rotatable bonds is 6. The Morgan fingerprint density at radius 3 is 2.79 bits per heavy atom. The van der Waals surface area contributed by atoms with Crippen molar-refractivity contribution in [1.82, 2.24) is 35.2 Å². The van der Waals surface area contributed by atoms with Crippen molar-refractivity contribution < 1.29 is 9.59 Å². The first kappa shape index (κ1) is 21.5. The van der Waals surface area contributed by atoms with Gasteiger partial charge in [0.2, 0.25) is 11.0 Å². The highest BCUT2D eigenvalue weighted by Gasteiger charge is 2.16. The predicted octanol–water partition coefficient (Wildman–Crippen LogP) is 2.96. The number of carbonyl (C=O) groups excluding carboxylic acids is 2. The molecule has 0 saturated heterocycles. The van der Waals surface area contributed by atoms with Crippen LogP contribution in [-0.2, 0) is 7.05 Å². The molecule has 5 rings (SSSR count). The Morgan fingerprint density at radius 2 is 2.03 bits per heavy atom. The Hall–Kier alpha value is -4.36. The van der Waals surface area contributed by atoms with Gasteiger partial charge in [0, 0.05) is 24.2 Å². The standard InChI is InChI=1S/C20H15ClN10O2S/c1-31-8-10(6-24-31)18(33)27-15-5-9(17(22)32)4-14(25-15)19-29-30-20(34-19)26-13-3-2-12-11(16(13)21)7-23-28-12/h2-8H,1H3,(H2,22,32)(H,23,28)(H,26,30)(H,25,27,33). The van der Waals surface area contributed by atoms with Crippen LogP contribution in [0, 0.1) is 0 Å². The minimum absolute atomic E-state index is 0.137. The number of hydrogen-bond acceptors (Lipinski definition) is 9. The van der Waals surface area contributed by atoms with Crippen LogP contribution in [0.1, 0.15) is 20.7 Å². The molecule has 0 aliphatic carbocycles. The number of primary amides is 1. The lowest BCUT2D eigenvalue weighted by molar-refractivity contribution is 0.0996. The molecule has 2 amide bonds. The van der Waals surface area contributed by atoms with Crippen molar-refractivity contribution in [1.29, 1.82) is 0 Å². The van der Waals surface area contributed by atoms with Crippen LogP contribution < -0.4 is 16.4 Å². The van der Waals surface area contributed by atoms with Gasteiger partial charge >= 0.3 is 0 Å². The largest absolute Gasteiger partial charge is 0.366 e. The molecule has 0 bridgehead atoms. The number of aryl methyl sites for hydroxylation is 1. The molecule has 0 spiro atoms. The van der Waals surface area contributed by atoms with Crippen LogP contribution in [0.2, 0.25) is 5.02 Å². The van der Waals surface area contributed by atoms with E-state index in [4.69, 9.17) is 17.3 Å². The van der Waals surface area contributed by atoms with E-state index in [-0.39, 0.29) is 11.4 Å². The van der Waals surface area contributed by atoms with Gasteiger partial charge in [0.25, 0.3) is 5.91 Å². The fourth-order valence-electron chi connectivity index (χ4n) is 3.15. The second-order valence-electron chi connectivity index (χ2n) is 7.14. The molecule has 4 aromatic heterocycles. The second kappa shape index (κ2) is 8.53. The van der Waals surface area contributed by atoms with Gasteiger partial charge in [-0.05, 0) is 24.3 Å². The lowest BCUT2D eigenvalue weighted by Gasteiger charge is -2.07. The third-order valence-corrected chi connectivity index (χ3v) is 6.03. The lowest BCUT2D eigenvalue weighted by Crippen LogP contribution is -2.16. The lowest BCUT2D eigenvalue weighted by atomic mass is 10.2. The predicted molar refractivity (Wildman–Crippen MR) is 127 cm³/mol. The summed E-state index contributed by atoms with van der Waals surface area (Å²) in [5.41, 5.74) is 7.72. The van der Waals surface area contributed by atoms with Gasteiger partial charge in [-0.3, -0.25) is 19.4 Å². The molecule has 0 atom stereocenters. The monoisotopic (exact) mass is 494 g/mol. The fraction of sp³-hybridized carbons (Fsp3) is 0.0500. The van der Waals surface area contributed by atoms with E-state index in [1.807, 2.05) is 6.07 Å². The molecule has 34 heavy (non-hydrogen) atoms. The average molecular weight is 495 g/mol. The number of H-pyrrole nitrogens is 1. The number of nitrogens with two attached hydrogens (primary N) is 1. The van der Waals surface area contributed by atoms with Crippen molar-refractivity contribution >= 4 is 62.3 Å². The van der Waals surface area contributed by atoms with Crippen molar-refractivity contribution in [2.24, 2.45) is 12.8 Å². The molecule has 0 aliphatic heterocycles. The molecule has 0 unspecified atom stereocenters. The van der Waals surface area contributed by atoms with Gasteiger partial charge in [-0.25, -0.2) is 4.98 Å². The molecule has 5 aromatic rings. The number of pyridine rings is 1. The van der Waals surface area contributed by atoms with Crippen molar-refractivity contribution in [2.75, 3.05) is 10.6 Å². The SMILES string of the molecule is Cn1cc(C(=O)Nc2cc(C(N)=O)cc(-c3nnc(Nc4ccc5[nH]ncc5c4Cl)s3)n2)cn1. The molecular weight excluding hydrogens is 480 g/mol. The summed E-state index contributed by atoms with van der Waals surface area (Å²) in [6.07, 6.45) is 4.61. The number of fused-ring (bicyclic) bond motifs is 1. The number of nitrogens with one attached hydrogen (secondary N) is 3. The molecule has 0 radical (unpaired) electrons. The average Bonchev–Trinajstić information content (AvgIpc) is 3.56. The van der Waals surface area contributed by atoms with Crippen LogP contribution in [0.3, 0.4) is 0 Å². The summed E-state index contributed by atoms with van der Waals surface area (Å²) in [5.74, 6) is -0.973. The molecule has 0 saturated carbocycles. The van der Waals surface area contributed by atoms with Gasteiger partial charge < -0.3 is 16.4 Å². The summed E-state index contributed by atoms with van der Waals surface area (Å²) >= 11 is 7.65. The molecule has 1 aromatic carbocycles. The van der Waals surface area contributed by atoms with Crippen LogP contribution in [0.15, 0.2) is 42.9 Å². The van der Waals surface area contributed by atoms with Gasteiger partial charge in [-0.1, -0.05) is 22.9 Å².